The number of anilines is 3. The van der Waals surface area contributed by atoms with Gasteiger partial charge in [-0.25, -0.2) is 0 Å². The zero-order valence-corrected chi connectivity index (χ0v) is 26.5. The molecule has 0 bridgehead atoms. The van der Waals surface area contributed by atoms with Crippen molar-refractivity contribution in [3.63, 3.8) is 0 Å². The Kier molecular flexibility index (Phi) is 6.18. The Labute approximate surface area is 282 Å². The molecule has 10 rings (SSSR count). The predicted molar refractivity (Wildman–Crippen MR) is 204 cm³/mol. The van der Waals surface area contributed by atoms with Gasteiger partial charge in [0.1, 0.15) is 16.7 Å². The molecule has 0 spiro atoms. The van der Waals surface area contributed by atoms with Gasteiger partial charge in [-0.15, -0.1) is 0 Å². The Hall–Kier alpha value is -6.58. The lowest BCUT2D eigenvalue weighted by atomic mass is 10.0. The SMILES string of the molecule is c1ccc(-c2ccc(N(c3ccc4c(c3)oc3cc(-c5ccccc5)ccc34)c3cccc4c3oc3c5ccccc5ccc43)cc2)cc1. The van der Waals surface area contributed by atoms with E-state index in [1.54, 1.807) is 0 Å². The normalized spacial score (nSPS) is 11.7. The van der Waals surface area contributed by atoms with E-state index in [2.05, 4.69) is 169 Å². The highest BCUT2D eigenvalue weighted by Gasteiger charge is 2.21. The van der Waals surface area contributed by atoms with Gasteiger partial charge in [0.15, 0.2) is 5.58 Å². The molecule has 0 aliphatic rings. The first-order valence-corrected chi connectivity index (χ1v) is 16.6. The van der Waals surface area contributed by atoms with Crippen molar-refractivity contribution >= 4 is 71.7 Å². The Morgan fingerprint density at radius 3 is 1.69 bits per heavy atom. The van der Waals surface area contributed by atoms with Gasteiger partial charge in [0, 0.05) is 38.7 Å². The number of hydrogen-bond acceptors (Lipinski definition) is 3. The molecule has 230 valence electrons. The minimum atomic E-state index is 0.839. The fourth-order valence-electron chi connectivity index (χ4n) is 7.26. The number of nitrogens with zero attached hydrogens (tertiary/aromatic N) is 1. The minimum Gasteiger partial charge on any atom is -0.456 e. The average Bonchev–Trinajstić information content (AvgIpc) is 3.74. The summed E-state index contributed by atoms with van der Waals surface area (Å²) in [5, 5.41) is 6.66. The molecule has 10 aromatic rings. The third kappa shape index (κ3) is 4.51. The molecule has 0 fully saturated rings. The molecular weight excluding hydrogens is 599 g/mol. The molecule has 0 N–H and O–H groups in total. The van der Waals surface area contributed by atoms with Crippen LogP contribution in [0.5, 0.6) is 0 Å². The van der Waals surface area contributed by atoms with Crippen molar-refractivity contribution in [2.75, 3.05) is 4.90 Å². The molecule has 0 saturated heterocycles. The van der Waals surface area contributed by atoms with Crippen LogP contribution in [0.3, 0.4) is 0 Å². The zero-order chi connectivity index (χ0) is 32.3. The van der Waals surface area contributed by atoms with Crippen LogP contribution in [0, 0.1) is 0 Å². The number of rotatable bonds is 5. The smallest absolute Gasteiger partial charge is 0.159 e. The topological polar surface area (TPSA) is 29.5 Å². The maximum absolute atomic E-state index is 6.84. The summed E-state index contributed by atoms with van der Waals surface area (Å²) in [5.41, 5.74) is 11.1. The summed E-state index contributed by atoms with van der Waals surface area (Å²) < 4.78 is 13.4. The highest BCUT2D eigenvalue weighted by Crippen LogP contribution is 2.45. The van der Waals surface area contributed by atoms with Crippen molar-refractivity contribution < 1.29 is 8.83 Å². The number of para-hydroxylation sites is 1. The van der Waals surface area contributed by atoms with Gasteiger partial charge in [-0.1, -0.05) is 121 Å². The maximum atomic E-state index is 6.84. The number of furan rings is 2. The van der Waals surface area contributed by atoms with Crippen LogP contribution in [0.2, 0.25) is 0 Å². The third-order valence-corrected chi connectivity index (χ3v) is 9.66. The molecule has 2 heterocycles. The first-order chi connectivity index (χ1) is 24.3. The van der Waals surface area contributed by atoms with Crippen LogP contribution in [-0.2, 0) is 0 Å². The number of fused-ring (bicyclic) bond motifs is 8. The van der Waals surface area contributed by atoms with Crippen molar-refractivity contribution in [2.45, 2.75) is 0 Å². The number of benzene rings is 8. The van der Waals surface area contributed by atoms with Crippen molar-refractivity contribution in [3.8, 4) is 22.3 Å². The highest BCUT2D eigenvalue weighted by atomic mass is 16.3. The van der Waals surface area contributed by atoms with Crippen LogP contribution >= 0.6 is 0 Å². The van der Waals surface area contributed by atoms with E-state index >= 15 is 0 Å². The van der Waals surface area contributed by atoms with E-state index in [9.17, 15) is 0 Å². The Morgan fingerprint density at radius 1 is 0.327 bits per heavy atom. The Bertz CT molecular complexity index is 2810. The molecule has 3 heteroatoms. The van der Waals surface area contributed by atoms with Gasteiger partial charge in [-0.3, -0.25) is 0 Å². The van der Waals surface area contributed by atoms with Crippen LogP contribution < -0.4 is 4.90 Å². The number of hydrogen-bond donors (Lipinski definition) is 0. The summed E-state index contributed by atoms with van der Waals surface area (Å²) in [4.78, 5) is 2.28. The highest BCUT2D eigenvalue weighted by molar-refractivity contribution is 6.17. The van der Waals surface area contributed by atoms with E-state index < -0.39 is 0 Å². The van der Waals surface area contributed by atoms with E-state index in [-0.39, 0.29) is 0 Å². The van der Waals surface area contributed by atoms with Crippen molar-refractivity contribution in [3.05, 3.63) is 176 Å². The van der Waals surface area contributed by atoms with E-state index in [0.717, 1.165) is 77.3 Å². The third-order valence-electron chi connectivity index (χ3n) is 9.66. The van der Waals surface area contributed by atoms with Gasteiger partial charge < -0.3 is 13.7 Å². The molecule has 0 atom stereocenters. The molecule has 0 radical (unpaired) electrons. The summed E-state index contributed by atoms with van der Waals surface area (Å²) in [5.74, 6) is 0. The summed E-state index contributed by atoms with van der Waals surface area (Å²) in [6.45, 7) is 0. The molecule has 0 aliphatic carbocycles. The lowest BCUT2D eigenvalue weighted by Gasteiger charge is -2.25. The van der Waals surface area contributed by atoms with Crippen molar-refractivity contribution in [2.24, 2.45) is 0 Å². The molecule has 2 aromatic heterocycles. The fraction of sp³-hybridized carbons (Fsp3) is 0. The van der Waals surface area contributed by atoms with Gasteiger partial charge in [-0.05, 0) is 76.2 Å². The lowest BCUT2D eigenvalue weighted by Crippen LogP contribution is -2.10. The lowest BCUT2D eigenvalue weighted by molar-refractivity contribution is 0.668. The molecule has 0 aliphatic heterocycles. The van der Waals surface area contributed by atoms with Crippen molar-refractivity contribution in [1.82, 2.24) is 0 Å². The summed E-state index contributed by atoms with van der Waals surface area (Å²) in [6, 6.07) is 61.9. The molecule has 0 amide bonds. The summed E-state index contributed by atoms with van der Waals surface area (Å²) >= 11 is 0. The standard InChI is InChI=1S/C46H29NO2/c1-3-10-30(11-4-1)32-18-22-35(23-19-32)47(42-17-9-16-40-41-26-20-33-14-7-8-15-37(33)45(41)49-46(40)42)36-24-27-39-38-25-21-34(31-12-5-2-6-13-31)28-43(38)48-44(39)29-36/h1-29H. The predicted octanol–water partition coefficient (Wildman–Crippen LogP) is 13.4. The van der Waals surface area contributed by atoms with Crippen LogP contribution in [0.15, 0.2) is 185 Å². The molecule has 0 saturated carbocycles. The molecule has 8 aromatic carbocycles. The second-order valence-corrected chi connectivity index (χ2v) is 12.5. The largest absolute Gasteiger partial charge is 0.456 e. The molecule has 49 heavy (non-hydrogen) atoms. The van der Waals surface area contributed by atoms with Gasteiger partial charge in [0.2, 0.25) is 0 Å². The first kappa shape index (κ1) is 27.5. The quantitative estimate of drug-likeness (QED) is 0.190. The van der Waals surface area contributed by atoms with Gasteiger partial charge in [-0.2, -0.15) is 0 Å². The van der Waals surface area contributed by atoms with E-state index in [0.29, 0.717) is 0 Å². The summed E-state index contributed by atoms with van der Waals surface area (Å²) in [6.07, 6.45) is 0. The second kappa shape index (κ2) is 11.0. The van der Waals surface area contributed by atoms with Crippen LogP contribution in [0.1, 0.15) is 0 Å². The van der Waals surface area contributed by atoms with Crippen LogP contribution in [0.25, 0.3) is 76.9 Å². The Balaban J connectivity index is 1.17. The summed E-state index contributed by atoms with van der Waals surface area (Å²) in [7, 11) is 0. The minimum absolute atomic E-state index is 0.839. The monoisotopic (exact) mass is 627 g/mol. The van der Waals surface area contributed by atoms with E-state index in [1.165, 1.54) is 16.7 Å². The fourth-order valence-corrected chi connectivity index (χ4v) is 7.26. The van der Waals surface area contributed by atoms with Gasteiger partial charge >= 0.3 is 0 Å². The zero-order valence-electron chi connectivity index (χ0n) is 26.5. The Morgan fingerprint density at radius 2 is 0.898 bits per heavy atom. The maximum Gasteiger partial charge on any atom is 0.159 e. The van der Waals surface area contributed by atoms with Gasteiger partial charge in [0.05, 0.1) is 11.4 Å². The van der Waals surface area contributed by atoms with E-state index in [4.69, 9.17) is 8.83 Å². The molecule has 3 nitrogen and oxygen atoms in total. The van der Waals surface area contributed by atoms with Crippen LogP contribution in [0.4, 0.5) is 17.1 Å². The second-order valence-electron chi connectivity index (χ2n) is 12.5. The van der Waals surface area contributed by atoms with E-state index in [1.807, 2.05) is 12.1 Å². The first-order valence-electron chi connectivity index (χ1n) is 16.6. The average molecular weight is 628 g/mol. The van der Waals surface area contributed by atoms with Crippen molar-refractivity contribution in [1.29, 1.82) is 0 Å². The molecular formula is C46H29NO2. The van der Waals surface area contributed by atoms with Gasteiger partial charge in [0.25, 0.3) is 0 Å². The van der Waals surface area contributed by atoms with Crippen LogP contribution in [-0.4, -0.2) is 0 Å². The molecule has 0 unspecified atom stereocenters.